The van der Waals surface area contributed by atoms with E-state index in [1.165, 1.54) is 24.3 Å². The molecule has 0 aliphatic rings. The quantitative estimate of drug-likeness (QED) is 0.514. The van der Waals surface area contributed by atoms with Crippen molar-refractivity contribution in [3.8, 4) is 0 Å². The summed E-state index contributed by atoms with van der Waals surface area (Å²) in [5.74, 6) is 0.0490. The van der Waals surface area contributed by atoms with E-state index < -0.39 is 20.0 Å². The van der Waals surface area contributed by atoms with Crippen molar-refractivity contribution in [1.82, 2.24) is 10.0 Å². The highest BCUT2D eigenvalue weighted by Gasteiger charge is 2.16. The Morgan fingerprint density at radius 2 is 1.64 bits per heavy atom. The van der Waals surface area contributed by atoms with Gasteiger partial charge < -0.3 is 5.32 Å². The maximum Gasteiger partial charge on any atom is 0.240 e. The van der Waals surface area contributed by atoms with Gasteiger partial charge in [-0.15, -0.1) is 12.4 Å². The molecule has 0 saturated carbocycles. The van der Waals surface area contributed by atoms with Gasteiger partial charge in [-0.3, -0.25) is 4.72 Å². The van der Waals surface area contributed by atoms with Gasteiger partial charge in [0.15, 0.2) is 0 Å². The zero-order valence-corrected chi connectivity index (χ0v) is 17.2. The van der Waals surface area contributed by atoms with Crippen LogP contribution in [0.3, 0.4) is 0 Å². The van der Waals surface area contributed by atoms with Crippen LogP contribution >= 0.6 is 12.4 Å². The van der Waals surface area contributed by atoms with Crippen molar-refractivity contribution >= 4 is 38.1 Å². The standard InChI is InChI=1S/C15H27N3O4S2.ClH/c1-4-6-11-23(19,20)18-14-7-9-15(10-8-14)24(21,22)17-12-13(3)16-5-2;/h7-10,13,16-18H,4-6,11-12H2,1-3H3;1H/t13-;/m1./s1. The lowest BCUT2D eigenvalue weighted by Gasteiger charge is -2.14. The van der Waals surface area contributed by atoms with E-state index >= 15 is 0 Å². The first-order chi connectivity index (χ1) is 11.2. The summed E-state index contributed by atoms with van der Waals surface area (Å²) in [6.07, 6.45) is 1.37. The molecule has 0 spiro atoms. The summed E-state index contributed by atoms with van der Waals surface area (Å²) in [6.45, 7) is 6.79. The summed E-state index contributed by atoms with van der Waals surface area (Å²) in [6, 6.07) is 5.70. The van der Waals surface area contributed by atoms with Crippen molar-refractivity contribution in [2.75, 3.05) is 23.6 Å². The Bertz CT molecular complexity index is 707. The summed E-state index contributed by atoms with van der Waals surface area (Å²) in [7, 11) is -7.01. The van der Waals surface area contributed by atoms with Crippen LogP contribution < -0.4 is 14.8 Å². The molecule has 25 heavy (non-hydrogen) atoms. The largest absolute Gasteiger partial charge is 0.313 e. The van der Waals surface area contributed by atoms with Gasteiger partial charge in [-0.1, -0.05) is 20.3 Å². The molecule has 10 heteroatoms. The highest BCUT2D eigenvalue weighted by atomic mass is 35.5. The second kappa shape index (κ2) is 11.0. The summed E-state index contributed by atoms with van der Waals surface area (Å²) in [5.41, 5.74) is 0.353. The van der Waals surface area contributed by atoms with Gasteiger partial charge in [0.25, 0.3) is 0 Å². The molecular formula is C15H28ClN3O4S2. The number of anilines is 1. The van der Waals surface area contributed by atoms with Crippen molar-refractivity contribution < 1.29 is 16.8 Å². The lowest BCUT2D eigenvalue weighted by Crippen LogP contribution is -2.38. The third-order valence-electron chi connectivity index (χ3n) is 3.34. The first-order valence-electron chi connectivity index (χ1n) is 8.03. The Labute approximate surface area is 157 Å². The summed E-state index contributed by atoms with van der Waals surface area (Å²) in [4.78, 5) is 0.0997. The first kappa shape index (κ1) is 24.1. The molecule has 0 aliphatic heterocycles. The fourth-order valence-electron chi connectivity index (χ4n) is 2.01. The Balaban J connectivity index is 0.00000576. The minimum atomic E-state index is -3.62. The second-order valence-corrected chi connectivity index (χ2v) is 9.22. The van der Waals surface area contributed by atoms with Crippen LogP contribution in [0.25, 0.3) is 0 Å². The molecule has 3 N–H and O–H groups in total. The average Bonchev–Trinajstić information content (AvgIpc) is 2.52. The highest BCUT2D eigenvalue weighted by Crippen LogP contribution is 2.15. The highest BCUT2D eigenvalue weighted by molar-refractivity contribution is 7.92. The lowest BCUT2D eigenvalue weighted by atomic mass is 10.3. The van der Waals surface area contributed by atoms with Gasteiger partial charge in [-0.25, -0.2) is 21.6 Å². The molecule has 146 valence electrons. The van der Waals surface area contributed by atoms with Crippen molar-refractivity contribution in [1.29, 1.82) is 0 Å². The molecule has 1 rings (SSSR count). The Morgan fingerprint density at radius 1 is 1.04 bits per heavy atom. The zero-order chi connectivity index (χ0) is 18.2. The third-order valence-corrected chi connectivity index (χ3v) is 6.15. The fourth-order valence-corrected chi connectivity index (χ4v) is 4.40. The number of hydrogen-bond acceptors (Lipinski definition) is 5. The van der Waals surface area contributed by atoms with Crippen molar-refractivity contribution in [2.24, 2.45) is 0 Å². The van der Waals surface area contributed by atoms with E-state index in [2.05, 4.69) is 14.8 Å². The van der Waals surface area contributed by atoms with E-state index in [1.54, 1.807) is 0 Å². The molecule has 0 amide bonds. The molecule has 0 fully saturated rings. The van der Waals surface area contributed by atoms with E-state index in [1.807, 2.05) is 20.8 Å². The molecule has 0 aliphatic carbocycles. The van der Waals surface area contributed by atoms with Crippen LogP contribution in [0.1, 0.15) is 33.6 Å². The summed E-state index contributed by atoms with van der Waals surface area (Å²) in [5, 5.41) is 3.12. The molecule has 0 heterocycles. The molecule has 1 aromatic carbocycles. The minimum Gasteiger partial charge on any atom is -0.313 e. The van der Waals surface area contributed by atoms with Crippen LogP contribution in [0, 0.1) is 0 Å². The number of rotatable bonds is 11. The van der Waals surface area contributed by atoms with Crippen LogP contribution in [0.2, 0.25) is 0 Å². The van der Waals surface area contributed by atoms with E-state index in [9.17, 15) is 16.8 Å². The third kappa shape index (κ3) is 8.87. The smallest absolute Gasteiger partial charge is 0.240 e. The van der Waals surface area contributed by atoms with Gasteiger partial charge in [0.05, 0.1) is 10.6 Å². The first-order valence-corrected chi connectivity index (χ1v) is 11.2. The molecule has 0 aromatic heterocycles. The predicted molar refractivity (Wildman–Crippen MR) is 104 cm³/mol. The molecule has 0 saturated heterocycles. The predicted octanol–water partition coefficient (Wildman–Crippen LogP) is 1.93. The maximum absolute atomic E-state index is 12.2. The van der Waals surface area contributed by atoms with Crippen LogP contribution in [-0.4, -0.2) is 41.7 Å². The van der Waals surface area contributed by atoms with Crippen molar-refractivity contribution in [3.63, 3.8) is 0 Å². The van der Waals surface area contributed by atoms with Crippen molar-refractivity contribution in [3.05, 3.63) is 24.3 Å². The SMILES string of the molecule is CCCCS(=O)(=O)Nc1ccc(S(=O)(=O)NC[C@@H](C)NCC)cc1.Cl. The normalized spacial score (nSPS) is 13.1. The Kier molecular flexibility index (Phi) is 10.6. The minimum absolute atomic E-state index is 0. The number of likely N-dealkylation sites (N-methyl/N-ethyl adjacent to an activating group) is 1. The summed E-state index contributed by atoms with van der Waals surface area (Å²) < 4.78 is 53.0. The van der Waals surface area contributed by atoms with Gasteiger partial charge >= 0.3 is 0 Å². The number of halogens is 1. The van der Waals surface area contributed by atoms with E-state index in [-0.39, 0.29) is 35.6 Å². The molecule has 1 aromatic rings. The van der Waals surface area contributed by atoms with Gasteiger partial charge in [0, 0.05) is 18.3 Å². The topological polar surface area (TPSA) is 104 Å². The lowest BCUT2D eigenvalue weighted by molar-refractivity contribution is 0.536. The van der Waals surface area contributed by atoms with E-state index in [0.29, 0.717) is 12.1 Å². The van der Waals surface area contributed by atoms with Crippen LogP contribution in [0.15, 0.2) is 29.2 Å². The molecule has 0 radical (unpaired) electrons. The van der Waals surface area contributed by atoms with E-state index in [0.717, 1.165) is 13.0 Å². The monoisotopic (exact) mass is 413 g/mol. The summed E-state index contributed by atoms with van der Waals surface area (Å²) >= 11 is 0. The number of benzene rings is 1. The molecular weight excluding hydrogens is 386 g/mol. The second-order valence-electron chi connectivity index (χ2n) is 5.61. The van der Waals surface area contributed by atoms with Crippen LogP contribution in [0.5, 0.6) is 0 Å². The maximum atomic E-state index is 12.2. The van der Waals surface area contributed by atoms with Gasteiger partial charge in [-0.05, 0) is 44.2 Å². The van der Waals surface area contributed by atoms with Crippen molar-refractivity contribution in [2.45, 2.75) is 44.6 Å². The average molecular weight is 414 g/mol. The van der Waals surface area contributed by atoms with Gasteiger partial charge in [-0.2, -0.15) is 0 Å². The number of unbranched alkanes of at least 4 members (excludes halogenated alkanes) is 1. The number of sulfonamides is 2. The van der Waals surface area contributed by atoms with E-state index in [4.69, 9.17) is 0 Å². The number of hydrogen-bond donors (Lipinski definition) is 3. The molecule has 0 bridgehead atoms. The zero-order valence-electron chi connectivity index (χ0n) is 14.8. The van der Waals surface area contributed by atoms with Crippen LogP contribution in [0.4, 0.5) is 5.69 Å². The Morgan fingerprint density at radius 3 is 2.16 bits per heavy atom. The molecule has 1 atom stereocenters. The van der Waals surface area contributed by atoms with Crippen LogP contribution in [-0.2, 0) is 20.0 Å². The number of nitrogens with one attached hydrogen (secondary N) is 3. The van der Waals surface area contributed by atoms with Gasteiger partial charge in [0.1, 0.15) is 0 Å². The fraction of sp³-hybridized carbons (Fsp3) is 0.600. The Hall–Kier alpha value is -0.870. The van der Waals surface area contributed by atoms with Gasteiger partial charge in [0.2, 0.25) is 20.0 Å². The molecule has 7 nitrogen and oxygen atoms in total. The molecule has 0 unspecified atom stereocenters.